The molecule has 0 saturated carbocycles. The third-order valence-electron chi connectivity index (χ3n) is 3.10. The number of H-pyrrole nitrogens is 1. The molecule has 1 amide bonds. The maximum Gasteiger partial charge on any atom is 0.407 e. The van der Waals surface area contributed by atoms with Crippen molar-refractivity contribution in [1.82, 2.24) is 15.2 Å². The third-order valence-corrected chi connectivity index (χ3v) is 3.10. The molecule has 5 nitrogen and oxygen atoms in total. The summed E-state index contributed by atoms with van der Waals surface area (Å²) in [6, 6.07) is 1.73. The number of ether oxygens (including phenoxy) is 1. The number of hydrogen-bond acceptors (Lipinski definition) is 3. The maximum absolute atomic E-state index is 11.5. The highest BCUT2D eigenvalue weighted by Crippen LogP contribution is 2.21. The molecule has 5 heteroatoms. The summed E-state index contributed by atoms with van der Waals surface area (Å²) in [5.41, 5.74) is 1.23. The molecular formula is C16H21N3O2. The number of rotatable bonds is 5. The number of fused-ring (bicyclic) bond motifs is 1. The lowest BCUT2D eigenvalue weighted by molar-refractivity contribution is 0.177. The van der Waals surface area contributed by atoms with Crippen LogP contribution in [0.2, 0.25) is 0 Å². The highest BCUT2D eigenvalue weighted by atomic mass is 16.6. The van der Waals surface area contributed by atoms with Crippen LogP contribution in [-0.2, 0) is 17.5 Å². The second-order valence-corrected chi connectivity index (χ2v) is 4.92. The number of amides is 1. The summed E-state index contributed by atoms with van der Waals surface area (Å²) < 4.78 is 61.4. The average Bonchev–Trinajstić information content (AvgIpc) is 3.04. The molecule has 1 aromatic heterocycles. The van der Waals surface area contributed by atoms with E-state index in [1.807, 2.05) is 5.32 Å². The number of carbonyl (C=O) groups is 1. The van der Waals surface area contributed by atoms with E-state index in [1.54, 1.807) is 26.4 Å². The van der Waals surface area contributed by atoms with Crippen LogP contribution >= 0.6 is 0 Å². The van der Waals surface area contributed by atoms with Gasteiger partial charge in [0.2, 0.25) is 0 Å². The van der Waals surface area contributed by atoms with E-state index in [-0.39, 0.29) is 12.0 Å². The molecule has 1 aliphatic heterocycles. The molecule has 0 bridgehead atoms. The predicted octanol–water partition coefficient (Wildman–Crippen LogP) is 1.92. The lowest BCUT2D eigenvalue weighted by Crippen LogP contribution is -2.28. The van der Waals surface area contributed by atoms with Gasteiger partial charge in [0.05, 0.1) is 10.1 Å². The van der Waals surface area contributed by atoms with Gasteiger partial charge in [-0.2, -0.15) is 0 Å². The molecule has 0 unspecified atom stereocenters. The van der Waals surface area contributed by atoms with Crippen LogP contribution in [0.5, 0.6) is 0 Å². The number of aryl methyl sites for hydroxylation is 1. The Bertz CT molecular complexity index is 928. The Balaban J connectivity index is 2.07. The molecular weight excluding hydrogens is 266 g/mol. The number of nitrogens with one attached hydrogen (secondary N) is 2. The smallest absolute Gasteiger partial charge is 0.407 e. The summed E-state index contributed by atoms with van der Waals surface area (Å²) in [6.07, 6.45) is -2.15. The monoisotopic (exact) mass is 294 g/mol. The van der Waals surface area contributed by atoms with Gasteiger partial charge in [0.15, 0.2) is 0 Å². The summed E-state index contributed by atoms with van der Waals surface area (Å²) in [5.74, 6) is 0. The van der Waals surface area contributed by atoms with Crippen LogP contribution in [0.15, 0.2) is 24.4 Å². The van der Waals surface area contributed by atoms with Crippen molar-refractivity contribution in [2.45, 2.75) is 18.8 Å². The summed E-state index contributed by atoms with van der Waals surface area (Å²) in [5, 5.41) is 2.51. The summed E-state index contributed by atoms with van der Waals surface area (Å²) in [4.78, 5) is 15.9. The zero-order chi connectivity index (χ0) is 21.1. The van der Waals surface area contributed by atoms with E-state index in [4.69, 9.17) is 9.60 Å². The molecule has 0 radical (unpaired) electrons. The molecule has 1 fully saturated rings. The largest absolute Gasteiger partial charge is 0.447 e. The number of nitrogens with zero attached hydrogens (tertiary/aromatic N) is 1. The SMILES string of the molecule is [2H]C([2H])(Cc1c[nH]c2ccc(C([2H])([2H])[C@]3([2H])NC(=O)OC3([2H])[2H])cc12)N(C)C. The first kappa shape index (κ1) is 7.84. The van der Waals surface area contributed by atoms with Gasteiger partial charge in [-0.3, -0.25) is 0 Å². The van der Waals surface area contributed by atoms with Crippen LogP contribution in [0, 0.1) is 0 Å². The van der Waals surface area contributed by atoms with Gasteiger partial charge < -0.3 is 19.9 Å². The van der Waals surface area contributed by atoms with Crippen LogP contribution in [0.1, 0.15) is 20.7 Å². The molecule has 2 heterocycles. The van der Waals surface area contributed by atoms with Crippen LogP contribution in [0.4, 0.5) is 4.79 Å². The van der Waals surface area contributed by atoms with Gasteiger partial charge in [-0.25, -0.2) is 4.79 Å². The minimum Gasteiger partial charge on any atom is -0.447 e. The molecule has 0 spiro atoms. The van der Waals surface area contributed by atoms with Crippen molar-refractivity contribution < 1.29 is 19.1 Å². The highest BCUT2D eigenvalue weighted by molar-refractivity contribution is 5.84. The van der Waals surface area contributed by atoms with Crippen LogP contribution in [-0.4, -0.2) is 49.1 Å². The molecule has 112 valence electrons. The fraction of sp³-hybridized carbons (Fsp3) is 0.438. The Morgan fingerprint density at radius 1 is 1.57 bits per heavy atom. The number of cyclic esters (lactones) is 1. The zero-order valence-corrected chi connectivity index (χ0v) is 11.8. The maximum atomic E-state index is 11.5. The van der Waals surface area contributed by atoms with Crippen LogP contribution < -0.4 is 5.32 Å². The number of carbonyl (C=O) groups excluding carboxylic acids is 1. The fourth-order valence-corrected chi connectivity index (χ4v) is 2.10. The van der Waals surface area contributed by atoms with Crippen LogP contribution in [0.25, 0.3) is 10.9 Å². The molecule has 1 aromatic carbocycles. The van der Waals surface area contributed by atoms with Gasteiger partial charge in [0, 0.05) is 29.1 Å². The Morgan fingerprint density at radius 3 is 3.14 bits per heavy atom. The lowest BCUT2D eigenvalue weighted by atomic mass is 10.0. The topological polar surface area (TPSA) is 57.4 Å². The van der Waals surface area contributed by atoms with Gasteiger partial charge in [-0.15, -0.1) is 0 Å². The molecule has 2 N–H and O–H groups in total. The minimum atomic E-state index is -2.88. The Labute approximate surface area is 134 Å². The van der Waals surface area contributed by atoms with E-state index < -0.39 is 31.5 Å². The Hall–Kier alpha value is -2.01. The second kappa shape index (κ2) is 5.77. The number of aromatic amines is 1. The first-order valence-electron chi connectivity index (χ1n) is 10.0. The first-order valence-corrected chi connectivity index (χ1v) is 6.50. The fourth-order valence-electron chi connectivity index (χ4n) is 2.10. The van der Waals surface area contributed by atoms with Crippen molar-refractivity contribution in [1.29, 1.82) is 0 Å². The van der Waals surface area contributed by atoms with Crippen molar-refractivity contribution >= 4 is 17.0 Å². The standard InChI is InChI=1S/C16H21N3O2/c1-19(2)6-5-12-9-17-15-4-3-11(8-14(12)15)7-13-10-21-16(20)18-13/h3-4,8-9,13,17H,5-7,10H2,1-2H3,(H,18,20)/t13-/m0/s1/i6D2,7D2,10D2,13D. The molecule has 3 rings (SSSR count). The molecule has 0 aliphatic carbocycles. The normalized spacial score (nSPS) is 30.4. The highest BCUT2D eigenvalue weighted by Gasteiger charge is 2.22. The molecule has 1 atom stereocenters. The van der Waals surface area contributed by atoms with Crippen molar-refractivity contribution in [3.05, 3.63) is 35.5 Å². The number of hydrogen-bond donors (Lipinski definition) is 2. The number of likely N-dealkylation sites (N-methyl/N-ethyl adjacent to an activating group) is 1. The first-order chi connectivity index (χ1) is 12.7. The van der Waals surface area contributed by atoms with Gasteiger partial charge >= 0.3 is 6.09 Å². The van der Waals surface area contributed by atoms with Gasteiger partial charge in [-0.05, 0) is 50.1 Å². The predicted molar refractivity (Wildman–Crippen MR) is 82.5 cm³/mol. The minimum absolute atomic E-state index is 0.0315. The Kier molecular flexibility index (Phi) is 2.16. The summed E-state index contributed by atoms with van der Waals surface area (Å²) >= 11 is 0. The van der Waals surface area contributed by atoms with E-state index in [1.165, 1.54) is 17.0 Å². The van der Waals surface area contributed by atoms with Crippen molar-refractivity contribution in [3.63, 3.8) is 0 Å². The van der Waals surface area contributed by atoms with Gasteiger partial charge in [0.1, 0.15) is 6.56 Å². The van der Waals surface area contributed by atoms with E-state index in [0.29, 0.717) is 16.5 Å². The quantitative estimate of drug-likeness (QED) is 0.886. The third kappa shape index (κ3) is 3.19. The number of benzene rings is 1. The van der Waals surface area contributed by atoms with E-state index in [2.05, 4.69) is 9.72 Å². The second-order valence-electron chi connectivity index (χ2n) is 4.92. The average molecular weight is 294 g/mol. The molecule has 21 heavy (non-hydrogen) atoms. The van der Waals surface area contributed by atoms with Crippen molar-refractivity contribution in [3.8, 4) is 0 Å². The molecule has 1 aliphatic rings. The van der Waals surface area contributed by atoms with Crippen molar-refractivity contribution in [2.75, 3.05) is 27.2 Å². The Morgan fingerprint density at radius 2 is 2.43 bits per heavy atom. The van der Waals surface area contributed by atoms with Crippen LogP contribution in [0.3, 0.4) is 0 Å². The van der Waals surface area contributed by atoms with E-state index in [9.17, 15) is 4.79 Å². The lowest BCUT2D eigenvalue weighted by Gasteiger charge is -2.09. The van der Waals surface area contributed by atoms with Crippen molar-refractivity contribution in [2.24, 2.45) is 0 Å². The molecule has 2 aromatic rings. The van der Waals surface area contributed by atoms with E-state index >= 15 is 0 Å². The summed E-state index contributed by atoms with van der Waals surface area (Å²) in [7, 11) is 3.24. The van der Waals surface area contributed by atoms with E-state index in [0.717, 1.165) is 0 Å². The number of alkyl carbamates (subject to hydrolysis) is 1. The zero-order valence-electron chi connectivity index (χ0n) is 18.8. The van der Waals surface area contributed by atoms with Gasteiger partial charge in [0.25, 0.3) is 0 Å². The number of aromatic nitrogens is 1. The molecule has 1 saturated heterocycles. The van der Waals surface area contributed by atoms with Gasteiger partial charge in [-0.1, -0.05) is 6.07 Å². The summed E-state index contributed by atoms with van der Waals surface area (Å²) in [6.45, 7) is -4.52.